The summed E-state index contributed by atoms with van der Waals surface area (Å²) in [6, 6.07) is 2.16. The number of hydrogen-bond acceptors (Lipinski definition) is 18. The number of likely N-dealkylation sites (tertiary alicyclic amines) is 2. The van der Waals surface area contributed by atoms with Crippen LogP contribution in [0.5, 0.6) is 0 Å². The highest BCUT2D eigenvalue weighted by molar-refractivity contribution is 6.02. The maximum absolute atomic E-state index is 14.9. The fourth-order valence-corrected chi connectivity index (χ4v) is 10.8. The number of anilines is 4. The first-order valence-corrected chi connectivity index (χ1v) is 24.3. The highest BCUT2D eigenvalue weighted by atomic mass is 19.1. The maximum Gasteiger partial charge on any atom is 0.293 e. The van der Waals surface area contributed by atoms with Gasteiger partial charge < -0.3 is 35.0 Å². The standard InChI is InChI=1S/C25H30N10O.C23H31F2N5O4/c1-24(2,3)35-23-17(21(26)29-13-30-23)18(31-35)19-16(20(36-32-19)14-5-6-14)22-27-7-15(8-28-22)34-11-25(12-34)9-33(4)10-25;24-18-13-16(26-20-1-2-21(32)27-23(20)33)14-19(25)22(18)30-9-7-29(8-10-30)17-3-5-28(6-4-17)11-12-34-15-31/h7-8,13-14H,5-6,9-12H2,1-4H3,(H2,26,29,30);13-15,17,20,26H,1-12H2,(H,27,32,33). The van der Waals surface area contributed by atoms with E-state index in [1.54, 1.807) is 4.90 Å². The van der Waals surface area contributed by atoms with Crippen LogP contribution in [0.25, 0.3) is 33.8 Å². The molecule has 5 saturated heterocycles. The molecule has 4 aromatic heterocycles. The second kappa shape index (κ2) is 19.1. The fourth-order valence-electron chi connectivity index (χ4n) is 10.8. The van der Waals surface area contributed by atoms with E-state index in [1.807, 2.05) is 17.1 Å². The number of aromatic nitrogens is 7. The van der Waals surface area contributed by atoms with E-state index in [0.29, 0.717) is 77.6 Å². The fraction of sp³-hybridized carbons (Fsp3) is 0.562. The van der Waals surface area contributed by atoms with Crippen molar-refractivity contribution in [3.05, 3.63) is 48.2 Å². The molecule has 1 spiro atoms. The molecule has 9 heterocycles. The molecule has 6 fully saturated rings. The molecular formula is C48H61F2N15O5. The molecule has 1 saturated carbocycles. The summed E-state index contributed by atoms with van der Waals surface area (Å²) in [5.74, 6) is -0.0985. The average molecular weight is 966 g/mol. The van der Waals surface area contributed by atoms with Gasteiger partial charge in [0, 0.05) is 88.4 Å². The van der Waals surface area contributed by atoms with Gasteiger partial charge in [0.15, 0.2) is 28.9 Å². The van der Waals surface area contributed by atoms with Crippen LogP contribution in [0.4, 0.5) is 31.7 Å². The Morgan fingerprint density at radius 2 is 1.61 bits per heavy atom. The highest BCUT2D eigenvalue weighted by Crippen LogP contribution is 2.48. The molecular weight excluding hydrogens is 905 g/mol. The number of nitrogens with one attached hydrogen (secondary N) is 2. The predicted octanol–water partition coefficient (Wildman–Crippen LogP) is 3.85. The largest absolute Gasteiger partial charge is 0.467 e. The molecule has 6 aliphatic rings. The molecule has 1 atom stereocenters. The van der Waals surface area contributed by atoms with Gasteiger partial charge in [-0.15, -0.1) is 0 Å². The number of hydrogen-bond donors (Lipinski definition) is 3. The van der Waals surface area contributed by atoms with Crippen LogP contribution in [-0.4, -0.2) is 166 Å². The Balaban J connectivity index is 0.000000163. The van der Waals surface area contributed by atoms with Gasteiger partial charge in [-0.3, -0.25) is 29.5 Å². The SMILES string of the molecule is CN1CC2(C1)CN(c1cnc(-c3c(-c4nn(C(C)(C)C)c5ncnc(N)c45)noc3C3CC3)nc1)C2.O=COCCN1CCC(N2CCN(c3c(F)cc(NC4CCC(=O)NC4=O)cc3F)CC2)CC1. The van der Waals surface area contributed by atoms with Gasteiger partial charge in [-0.05, 0) is 85.1 Å². The van der Waals surface area contributed by atoms with Crippen LogP contribution < -0.4 is 26.2 Å². The van der Waals surface area contributed by atoms with Gasteiger partial charge in [0.05, 0.1) is 34.6 Å². The van der Waals surface area contributed by atoms with Crippen LogP contribution in [0.2, 0.25) is 0 Å². The lowest BCUT2D eigenvalue weighted by Gasteiger charge is -2.60. The van der Waals surface area contributed by atoms with Gasteiger partial charge in [-0.25, -0.2) is 33.4 Å². The van der Waals surface area contributed by atoms with Crippen LogP contribution in [-0.2, 0) is 24.7 Å². The molecule has 22 heteroatoms. The van der Waals surface area contributed by atoms with Crippen molar-refractivity contribution >= 4 is 52.2 Å². The molecule has 0 radical (unpaired) electrons. The Morgan fingerprint density at radius 3 is 2.24 bits per heavy atom. The molecule has 20 nitrogen and oxygen atoms in total. The van der Waals surface area contributed by atoms with Gasteiger partial charge >= 0.3 is 0 Å². The summed E-state index contributed by atoms with van der Waals surface area (Å²) < 4.78 is 42.4. The Morgan fingerprint density at radius 1 is 0.914 bits per heavy atom. The highest BCUT2D eigenvalue weighted by Gasteiger charge is 2.50. The van der Waals surface area contributed by atoms with E-state index in [2.05, 4.69) is 73.2 Å². The minimum Gasteiger partial charge on any atom is -0.467 e. The van der Waals surface area contributed by atoms with Gasteiger partial charge in [-0.1, -0.05) is 5.16 Å². The lowest BCUT2D eigenvalue weighted by molar-refractivity contribution is -0.133. The second-order valence-electron chi connectivity index (χ2n) is 20.7. The zero-order valence-corrected chi connectivity index (χ0v) is 40.2. The van der Waals surface area contributed by atoms with Gasteiger partial charge in [-0.2, -0.15) is 5.10 Å². The number of rotatable bonds is 12. The number of fused-ring (bicyclic) bond motifs is 1. The summed E-state index contributed by atoms with van der Waals surface area (Å²) in [6.45, 7) is 16.7. The summed E-state index contributed by atoms with van der Waals surface area (Å²) in [5, 5.41) is 15.1. The molecule has 372 valence electrons. The van der Waals surface area contributed by atoms with E-state index in [4.69, 9.17) is 30.1 Å². The zero-order chi connectivity index (χ0) is 48.9. The maximum atomic E-state index is 14.9. The van der Waals surface area contributed by atoms with Crippen molar-refractivity contribution in [2.24, 2.45) is 5.41 Å². The van der Waals surface area contributed by atoms with E-state index in [-0.39, 0.29) is 35.7 Å². The quantitative estimate of drug-likeness (QED) is 0.0918. The molecule has 5 aromatic rings. The van der Waals surface area contributed by atoms with E-state index in [0.717, 1.165) is 88.5 Å². The Labute approximate surface area is 404 Å². The normalized spacial score (nSPS) is 21.3. The third kappa shape index (κ3) is 9.59. The number of imide groups is 1. The average Bonchev–Trinajstić information content (AvgIpc) is 3.93. The number of halogens is 2. The number of nitrogen functional groups attached to an aromatic ring is 1. The summed E-state index contributed by atoms with van der Waals surface area (Å²) in [6.07, 6.45) is 9.91. The first kappa shape index (κ1) is 47.3. The van der Waals surface area contributed by atoms with Crippen molar-refractivity contribution in [3.8, 4) is 22.8 Å². The van der Waals surface area contributed by atoms with Crippen molar-refractivity contribution in [2.75, 3.05) is 106 Å². The summed E-state index contributed by atoms with van der Waals surface area (Å²) >= 11 is 0. The van der Waals surface area contributed by atoms with Crippen LogP contribution in [0, 0.1) is 17.0 Å². The lowest BCUT2D eigenvalue weighted by Crippen LogP contribution is -2.71. The van der Waals surface area contributed by atoms with Crippen LogP contribution in [0.15, 0.2) is 35.4 Å². The van der Waals surface area contributed by atoms with E-state index in [1.165, 1.54) is 31.5 Å². The number of nitrogens with two attached hydrogens (primary N) is 1. The summed E-state index contributed by atoms with van der Waals surface area (Å²) in [5.41, 5.74) is 10.3. The van der Waals surface area contributed by atoms with Crippen molar-refractivity contribution in [1.82, 2.24) is 54.9 Å². The van der Waals surface area contributed by atoms with Crippen LogP contribution in [0.1, 0.15) is 71.0 Å². The monoisotopic (exact) mass is 965 g/mol. The van der Waals surface area contributed by atoms with E-state index >= 15 is 0 Å². The molecule has 4 N–H and O–H groups in total. The number of piperazine rings is 1. The van der Waals surface area contributed by atoms with Crippen molar-refractivity contribution in [2.45, 2.75) is 82.8 Å². The van der Waals surface area contributed by atoms with Crippen molar-refractivity contribution in [3.63, 3.8) is 0 Å². The van der Waals surface area contributed by atoms with E-state index in [9.17, 15) is 23.2 Å². The second-order valence-corrected chi connectivity index (χ2v) is 20.7. The lowest BCUT2D eigenvalue weighted by atomic mass is 9.73. The van der Waals surface area contributed by atoms with E-state index < -0.39 is 23.6 Å². The molecule has 1 aromatic carbocycles. The summed E-state index contributed by atoms with van der Waals surface area (Å²) in [7, 11) is 2.17. The number of nitrogens with zero attached hydrogens (tertiary/aromatic N) is 12. The third-order valence-corrected chi connectivity index (χ3v) is 14.4. The molecule has 1 aliphatic carbocycles. The van der Waals surface area contributed by atoms with Crippen LogP contribution >= 0.6 is 0 Å². The van der Waals surface area contributed by atoms with Crippen molar-refractivity contribution < 1.29 is 32.4 Å². The topological polar surface area (TPSA) is 222 Å². The molecule has 11 rings (SSSR count). The number of amides is 2. The smallest absolute Gasteiger partial charge is 0.293 e. The Kier molecular flexibility index (Phi) is 12.9. The Hall–Kier alpha value is -6.39. The first-order chi connectivity index (χ1) is 33.7. The predicted molar refractivity (Wildman–Crippen MR) is 257 cm³/mol. The van der Waals surface area contributed by atoms with Crippen LogP contribution in [0.3, 0.4) is 0 Å². The zero-order valence-electron chi connectivity index (χ0n) is 40.2. The number of carbonyl (C=O) groups is 3. The summed E-state index contributed by atoms with van der Waals surface area (Å²) in [4.78, 5) is 62.9. The first-order valence-electron chi connectivity index (χ1n) is 24.3. The molecule has 5 aliphatic heterocycles. The van der Waals surface area contributed by atoms with Gasteiger partial charge in [0.25, 0.3) is 6.47 Å². The molecule has 2 amide bonds. The van der Waals surface area contributed by atoms with Gasteiger partial charge in [0.2, 0.25) is 11.8 Å². The minimum atomic E-state index is -0.699. The van der Waals surface area contributed by atoms with Gasteiger partial charge in [0.1, 0.15) is 41.9 Å². The third-order valence-electron chi connectivity index (χ3n) is 14.4. The number of piperidine rings is 2. The number of carbonyl (C=O) groups excluding carboxylic acids is 3. The number of benzene rings is 1. The Bertz CT molecular complexity index is 2700. The number of ether oxygens (including phenoxy) is 1. The molecule has 0 bridgehead atoms. The van der Waals surface area contributed by atoms with Crippen molar-refractivity contribution in [1.29, 1.82) is 0 Å². The molecule has 70 heavy (non-hydrogen) atoms. The minimum absolute atomic E-state index is 0.0431. The molecule has 1 unspecified atom stereocenters.